The standard InChI is InChI=1S/C14H19N5O2/c20-13(17-11-1-2-11)10-18-5-7-19(8-6-18)14(21)12-9-15-3-4-16-12/h3-4,9,11H,1-2,5-8,10H2,(H,17,20). The quantitative estimate of drug-likeness (QED) is 0.809. The van der Waals surface area contributed by atoms with E-state index >= 15 is 0 Å². The van der Waals surface area contributed by atoms with Crippen LogP contribution in [0.5, 0.6) is 0 Å². The predicted molar refractivity (Wildman–Crippen MR) is 75.5 cm³/mol. The van der Waals surface area contributed by atoms with Crippen LogP contribution >= 0.6 is 0 Å². The van der Waals surface area contributed by atoms with Gasteiger partial charge in [0, 0.05) is 44.6 Å². The number of piperazine rings is 1. The molecule has 1 saturated heterocycles. The molecule has 7 nitrogen and oxygen atoms in total. The number of amides is 2. The van der Waals surface area contributed by atoms with Crippen LogP contribution in [0.15, 0.2) is 18.6 Å². The van der Waals surface area contributed by atoms with Crippen molar-refractivity contribution >= 4 is 11.8 Å². The predicted octanol–water partition coefficient (Wildman–Crippen LogP) is -0.487. The minimum Gasteiger partial charge on any atom is -0.352 e. The second-order valence-electron chi connectivity index (χ2n) is 5.50. The van der Waals surface area contributed by atoms with E-state index < -0.39 is 0 Å². The Morgan fingerprint density at radius 3 is 2.57 bits per heavy atom. The molecule has 1 aliphatic carbocycles. The maximum absolute atomic E-state index is 12.2. The Labute approximate surface area is 123 Å². The van der Waals surface area contributed by atoms with Gasteiger partial charge >= 0.3 is 0 Å². The summed E-state index contributed by atoms with van der Waals surface area (Å²) in [5.41, 5.74) is 0.373. The van der Waals surface area contributed by atoms with Gasteiger partial charge in [0.25, 0.3) is 5.91 Å². The first-order valence-corrected chi connectivity index (χ1v) is 7.29. The van der Waals surface area contributed by atoms with E-state index in [4.69, 9.17) is 0 Å². The van der Waals surface area contributed by atoms with Gasteiger partial charge in [0.05, 0.1) is 12.7 Å². The number of hydrogen-bond donors (Lipinski definition) is 1. The van der Waals surface area contributed by atoms with Crippen LogP contribution in [0.25, 0.3) is 0 Å². The molecule has 1 N–H and O–H groups in total. The Balaban J connectivity index is 1.46. The van der Waals surface area contributed by atoms with E-state index in [1.807, 2.05) is 0 Å². The van der Waals surface area contributed by atoms with E-state index in [0.29, 0.717) is 44.5 Å². The largest absolute Gasteiger partial charge is 0.352 e. The van der Waals surface area contributed by atoms with E-state index in [-0.39, 0.29) is 11.8 Å². The van der Waals surface area contributed by atoms with Crippen molar-refractivity contribution < 1.29 is 9.59 Å². The third kappa shape index (κ3) is 3.75. The Morgan fingerprint density at radius 2 is 1.95 bits per heavy atom. The van der Waals surface area contributed by atoms with Crippen molar-refractivity contribution in [2.75, 3.05) is 32.7 Å². The smallest absolute Gasteiger partial charge is 0.274 e. The number of hydrogen-bond acceptors (Lipinski definition) is 5. The maximum atomic E-state index is 12.2. The molecule has 2 aliphatic rings. The fraction of sp³-hybridized carbons (Fsp3) is 0.571. The SMILES string of the molecule is O=C(CN1CCN(C(=O)c2cnccn2)CC1)NC1CC1. The summed E-state index contributed by atoms with van der Waals surface area (Å²) >= 11 is 0. The fourth-order valence-electron chi connectivity index (χ4n) is 2.38. The van der Waals surface area contributed by atoms with Gasteiger partial charge in [-0.25, -0.2) is 4.98 Å². The van der Waals surface area contributed by atoms with Gasteiger partial charge in [-0.1, -0.05) is 0 Å². The van der Waals surface area contributed by atoms with Gasteiger partial charge in [-0.3, -0.25) is 19.5 Å². The molecule has 0 bridgehead atoms. The van der Waals surface area contributed by atoms with Crippen LogP contribution in [0.2, 0.25) is 0 Å². The number of carbonyl (C=O) groups excluding carboxylic acids is 2. The summed E-state index contributed by atoms with van der Waals surface area (Å²) in [5.74, 6) is -0.00335. The average Bonchev–Trinajstić information content (AvgIpc) is 3.32. The van der Waals surface area contributed by atoms with E-state index in [1.165, 1.54) is 12.4 Å². The molecule has 0 radical (unpaired) electrons. The number of aromatic nitrogens is 2. The highest BCUT2D eigenvalue weighted by Crippen LogP contribution is 2.18. The minimum absolute atomic E-state index is 0.0891. The second kappa shape index (κ2) is 6.17. The lowest BCUT2D eigenvalue weighted by molar-refractivity contribution is -0.122. The van der Waals surface area contributed by atoms with E-state index in [2.05, 4.69) is 20.2 Å². The molecule has 0 aromatic carbocycles. The molecule has 21 heavy (non-hydrogen) atoms. The summed E-state index contributed by atoms with van der Waals surface area (Å²) in [6.45, 7) is 3.08. The first-order chi connectivity index (χ1) is 10.2. The van der Waals surface area contributed by atoms with Gasteiger partial charge in [-0.15, -0.1) is 0 Å². The average molecular weight is 289 g/mol. The van der Waals surface area contributed by atoms with Crippen molar-refractivity contribution in [1.82, 2.24) is 25.1 Å². The molecule has 3 rings (SSSR count). The van der Waals surface area contributed by atoms with Gasteiger partial charge in [0.2, 0.25) is 5.91 Å². The van der Waals surface area contributed by atoms with Crippen molar-refractivity contribution in [3.05, 3.63) is 24.3 Å². The molecule has 2 fully saturated rings. The molecule has 1 aromatic heterocycles. The van der Waals surface area contributed by atoms with Gasteiger partial charge in [-0.2, -0.15) is 0 Å². The Kier molecular flexibility index (Phi) is 4.10. The maximum Gasteiger partial charge on any atom is 0.274 e. The summed E-state index contributed by atoms with van der Waals surface area (Å²) in [5, 5.41) is 2.98. The minimum atomic E-state index is -0.0924. The molecule has 1 aliphatic heterocycles. The van der Waals surface area contributed by atoms with Crippen LogP contribution < -0.4 is 5.32 Å². The van der Waals surface area contributed by atoms with Crippen LogP contribution in [-0.2, 0) is 4.79 Å². The Hall–Kier alpha value is -2.02. The second-order valence-corrected chi connectivity index (χ2v) is 5.50. The van der Waals surface area contributed by atoms with Crippen molar-refractivity contribution in [2.45, 2.75) is 18.9 Å². The van der Waals surface area contributed by atoms with Crippen molar-refractivity contribution in [3.8, 4) is 0 Å². The summed E-state index contributed by atoms with van der Waals surface area (Å²) in [6, 6.07) is 0.400. The van der Waals surface area contributed by atoms with Crippen LogP contribution in [0, 0.1) is 0 Å². The Bertz CT molecular complexity index is 509. The zero-order chi connectivity index (χ0) is 14.7. The fourth-order valence-corrected chi connectivity index (χ4v) is 2.38. The van der Waals surface area contributed by atoms with Gasteiger partial charge < -0.3 is 10.2 Å². The lowest BCUT2D eigenvalue weighted by atomic mass is 10.2. The Morgan fingerprint density at radius 1 is 1.19 bits per heavy atom. The third-order valence-corrected chi connectivity index (χ3v) is 3.75. The summed E-state index contributed by atoms with van der Waals surface area (Å²) in [6.07, 6.45) is 6.76. The molecule has 1 aromatic rings. The van der Waals surface area contributed by atoms with Crippen molar-refractivity contribution in [2.24, 2.45) is 0 Å². The zero-order valence-corrected chi connectivity index (χ0v) is 11.9. The summed E-state index contributed by atoms with van der Waals surface area (Å²) in [7, 11) is 0. The summed E-state index contributed by atoms with van der Waals surface area (Å²) in [4.78, 5) is 35.7. The van der Waals surface area contributed by atoms with Crippen molar-refractivity contribution in [1.29, 1.82) is 0 Å². The third-order valence-electron chi connectivity index (χ3n) is 3.75. The van der Waals surface area contributed by atoms with Crippen molar-refractivity contribution in [3.63, 3.8) is 0 Å². The number of nitrogens with zero attached hydrogens (tertiary/aromatic N) is 4. The van der Waals surface area contributed by atoms with Gasteiger partial charge in [0.15, 0.2) is 0 Å². The van der Waals surface area contributed by atoms with Crippen LogP contribution in [0.4, 0.5) is 0 Å². The molecule has 1 saturated carbocycles. The van der Waals surface area contributed by atoms with Gasteiger partial charge in [-0.05, 0) is 12.8 Å². The number of rotatable bonds is 4. The van der Waals surface area contributed by atoms with E-state index in [9.17, 15) is 9.59 Å². The molecular formula is C14H19N5O2. The first-order valence-electron chi connectivity index (χ1n) is 7.29. The molecule has 2 amide bonds. The number of carbonyl (C=O) groups is 2. The lowest BCUT2D eigenvalue weighted by Gasteiger charge is -2.34. The molecule has 7 heteroatoms. The molecule has 2 heterocycles. The number of nitrogens with one attached hydrogen (secondary N) is 1. The van der Waals surface area contributed by atoms with Crippen LogP contribution in [0.3, 0.4) is 0 Å². The first kappa shape index (κ1) is 13.9. The molecular weight excluding hydrogens is 270 g/mol. The molecule has 112 valence electrons. The highest BCUT2D eigenvalue weighted by atomic mass is 16.2. The van der Waals surface area contributed by atoms with Crippen LogP contribution in [0.1, 0.15) is 23.3 Å². The highest BCUT2D eigenvalue weighted by molar-refractivity contribution is 5.92. The molecule has 0 unspecified atom stereocenters. The summed E-state index contributed by atoms with van der Waals surface area (Å²) < 4.78 is 0. The van der Waals surface area contributed by atoms with E-state index in [1.54, 1.807) is 11.1 Å². The zero-order valence-electron chi connectivity index (χ0n) is 11.9. The molecule has 0 atom stereocenters. The molecule has 0 spiro atoms. The lowest BCUT2D eigenvalue weighted by Crippen LogP contribution is -2.51. The normalized spacial score (nSPS) is 19.3. The van der Waals surface area contributed by atoms with Crippen LogP contribution in [-0.4, -0.2) is 70.3 Å². The monoisotopic (exact) mass is 289 g/mol. The topological polar surface area (TPSA) is 78.4 Å². The van der Waals surface area contributed by atoms with Gasteiger partial charge in [0.1, 0.15) is 5.69 Å². The van der Waals surface area contributed by atoms with E-state index in [0.717, 1.165) is 12.8 Å². The highest BCUT2D eigenvalue weighted by Gasteiger charge is 2.26.